The van der Waals surface area contributed by atoms with Crippen LogP contribution in [-0.2, 0) is 23.9 Å². The van der Waals surface area contributed by atoms with Crippen molar-refractivity contribution < 1.29 is 45.9 Å². The van der Waals surface area contributed by atoms with E-state index >= 15 is 0 Å². The van der Waals surface area contributed by atoms with E-state index in [-0.39, 0.29) is 78.0 Å². The number of esters is 1. The van der Waals surface area contributed by atoms with E-state index in [4.69, 9.17) is 0 Å². The van der Waals surface area contributed by atoms with E-state index in [1.54, 1.807) is 0 Å². The van der Waals surface area contributed by atoms with Gasteiger partial charge in [-0.25, -0.2) is 8.78 Å². The van der Waals surface area contributed by atoms with Crippen molar-refractivity contribution in [3.8, 4) is 0 Å². The highest BCUT2D eigenvalue weighted by atomic mass is 19.4. The van der Waals surface area contributed by atoms with Crippen LogP contribution in [0.4, 0.5) is 22.0 Å². The number of Topliss-reactive ketones (excluding diaryl/α,β-unsaturated/α-hetero) is 3. The summed E-state index contributed by atoms with van der Waals surface area (Å²) in [6, 6.07) is 0. The predicted octanol–water partition coefficient (Wildman–Crippen LogP) is 5.48. The molecule has 0 spiro atoms. The van der Waals surface area contributed by atoms with Gasteiger partial charge in [-0.2, -0.15) is 13.2 Å². The first-order valence-corrected chi connectivity index (χ1v) is 12.8. The average molecular weight is 521 g/mol. The monoisotopic (exact) mass is 520 g/mol. The third-order valence-corrected chi connectivity index (χ3v) is 9.51. The van der Waals surface area contributed by atoms with Crippen LogP contribution in [0.1, 0.15) is 78.1 Å². The minimum atomic E-state index is -5.38. The van der Waals surface area contributed by atoms with Gasteiger partial charge in [0.15, 0.2) is 0 Å². The summed E-state index contributed by atoms with van der Waals surface area (Å²) in [4.78, 5) is 50.5. The van der Waals surface area contributed by atoms with Crippen molar-refractivity contribution in [1.29, 1.82) is 0 Å². The summed E-state index contributed by atoms with van der Waals surface area (Å²) in [6.45, 7) is 2.17. The van der Waals surface area contributed by atoms with Crippen molar-refractivity contribution in [3.63, 3.8) is 0 Å². The molecule has 0 radical (unpaired) electrons. The maximum absolute atomic E-state index is 13.3. The number of rotatable bonds is 6. The Kier molecular flexibility index (Phi) is 7.14. The van der Waals surface area contributed by atoms with E-state index in [9.17, 15) is 41.1 Å². The number of carbonyl (C=O) groups excluding carboxylic acids is 4. The molecule has 5 nitrogen and oxygen atoms in total. The first-order valence-electron chi connectivity index (χ1n) is 12.8. The molecule has 0 aromatic rings. The topological polar surface area (TPSA) is 77.5 Å². The fourth-order valence-corrected chi connectivity index (χ4v) is 7.78. The van der Waals surface area contributed by atoms with E-state index in [0.29, 0.717) is 44.9 Å². The quantitative estimate of drug-likeness (QED) is 0.342. The normalized spacial score (nSPS) is 37.7. The first kappa shape index (κ1) is 27.2. The van der Waals surface area contributed by atoms with Gasteiger partial charge >= 0.3 is 12.1 Å². The fraction of sp³-hybridized carbons (Fsp3) is 0.846. The summed E-state index contributed by atoms with van der Waals surface area (Å²) < 4.78 is 69.2. The van der Waals surface area contributed by atoms with E-state index < -0.39 is 30.6 Å². The molecular weight excluding hydrogens is 487 g/mol. The van der Waals surface area contributed by atoms with Crippen LogP contribution in [0, 0.1) is 40.9 Å². The Bertz CT molecular complexity index is 911. The number of carbonyl (C=O) groups is 4. The number of halogens is 5. The number of fused-ring (bicyclic) bond motifs is 5. The molecule has 0 saturated heterocycles. The number of hydrogen-bond acceptors (Lipinski definition) is 5. The van der Waals surface area contributed by atoms with E-state index in [1.165, 1.54) is 0 Å². The van der Waals surface area contributed by atoms with Gasteiger partial charge in [0.1, 0.15) is 17.3 Å². The number of ketones is 3. The smallest absolute Gasteiger partial charge is 0.431 e. The van der Waals surface area contributed by atoms with Crippen molar-refractivity contribution in [2.75, 3.05) is 0 Å². The van der Waals surface area contributed by atoms with Gasteiger partial charge in [0, 0.05) is 50.9 Å². The summed E-state index contributed by atoms with van der Waals surface area (Å²) in [5.41, 5.74) is -0.217. The molecule has 202 valence electrons. The second kappa shape index (κ2) is 9.46. The molecule has 8 atom stereocenters. The average Bonchev–Trinajstić information content (AvgIpc) is 3.17. The Labute approximate surface area is 206 Å². The third-order valence-electron chi connectivity index (χ3n) is 9.51. The molecule has 4 aliphatic carbocycles. The molecule has 0 amide bonds. The molecule has 0 aromatic carbocycles. The zero-order chi connectivity index (χ0) is 26.6. The zero-order valence-electron chi connectivity index (χ0n) is 20.5. The largest absolute Gasteiger partial charge is 0.446 e. The second-order valence-electron chi connectivity index (χ2n) is 11.7. The zero-order valence-corrected chi connectivity index (χ0v) is 20.5. The first-order chi connectivity index (χ1) is 16.6. The molecule has 0 bridgehead atoms. The Balaban J connectivity index is 1.38. The second-order valence-corrected chi connectivity index (χ2v) is 11.7. The van der Waals surface area contributed by atoms with Crippen LogP contribution in [0.2, 0.25) is 0 Å². The number of alkyl halides is 5. The van der Waals surface area contributed by atoms with Crippen LogP contribution in [0.25, 0.3) is 0 Å². The number of hydrogen-bond donors (Lipinski definition) is 0. The lowest BCUT2D eigenvalue weighted by atomic mass is 9.46. The molecule has 0 N–H and O–H groups in total. The SMILES string of the molecule is CC(F)(F)C(OC(=O)CCCC1CCC2C1C(=O)CC1C2C(=O)CC2CC(=O)CCC21C)C(F)(F)F. The maximum Gasteiger partial charge on any atom is 0.431 e. The molecule has 0 aliphatic heterocycles. The summed E-state index contributed by atoms with van der Waals surface area (Å²) in [6.07, 6.45) is -5.27. The van der Waals surface area contributed by atoms with Crippen molar-refractivity contribution in [2.45, 2.75) is 96.3 Å². The lowest BCUT2D eigenvalue weighted by Gasteiger charge is -2.56. The molecule has 4 fully saturated rings. The highest BCUT2D eigenvalue weighted by Crippen LogP contribution is 2.62. The molecule has 4 saturated carbocycles. The van der Waals surface area contributed by atoms with E-state index in [2.05, 4.69) is 11.7 Å². The highest BCUT2D eigenvalue weighted by Gasteiger charge is 2.61. The minimum Gasteiger partial charge on any atom is -0.446 e. The van der Waals surface area contributed by atoms with Crippen LogP contribution in [-0.4, -0.2) is 41.5 Å². The van der Waals surface area contributed by atoms with Crippen LogP contribution >= 0.6 is 0 Å². The Morgan fingerprint density at radius 3 is 2.33 bits per heavy atom. The molecule has 36 heavy (non-hydrogen) atoms. The molecule has 10 heteroatoms. The molecular formula is C26H33F5O5. The molecule has 4 rings (SSSR count). The third kappa shape index (κ3) is 4.97. The Morgan fingerprint density at radius 1 is 1.03 bits per heavy atom. The van der Waals surface area contributed by atoms with Crippen LogP contribution in [0.3, 0.4) is 0 Å². The highest BCUT2D eigenvalue weighted by molar-refractivity contribution is 5.91. The summed E-state index contributed by atoms with van der Waals surface area (Å²) >= 11 is 0. The Morgan fingerprint density at radius 2 is 1.69 bits per heavy atom. The summed E-state index contributed by atoms with van der Waals surface area (Å²) in [7, 11) is 0. The van der Waals surface area contributed by atoms with Gasteiger partial charge in [0.2, 0.25) is 0 Å². The van der Waals surface area contributed by atoms with Crippen molar-refractivity contribution in [1.82, 2.24) is 0 Å². The van der Waals surface area contributed by atoms with Gasteiger partial charge < -0.3 is 4.74 Å². The van der Waals surface area contributed by atoms with Gasteiger partial charge in [-0.3, -0.25) is 19.2 Å². The van der Waals surface area contributed by atoms with Gasteiger partial charge in [0.25, 0.3) is 12.0 Å². The minimum absolute atomic E-state index is 0.0175. The fourth-order valence-electron chi connectivity index (χ4n) is 7.78. The summed E-state index contributed by atoms with van der Waals surface area (Å²) in [5, 5.41) is 0. The number of ether oxygens (including phenoxy) is 1. The van der Waals surface area contributed by atoms with Crippen LogP contribution in [0.5, 0.6) is 0 Å². The van der Waals surface area contributed by atoms with Crippen LogP contribution < -0.4 is 0 Å². The molecule has 0 aromatic heterocycles. The maximum atomic E-state index is 13.3. The van der Waals surface area contributed by atoms with E-state index in [0.717, 1.165) is 0 Å². The molecule has 4 aliphatic rings. The summed E-state index contributed by atoms with van der Waals surface area (Å²) in [5.74, 6) is -6.07. The lowest BCUT2D eigenvalue weighted by molar-refractivity contribution is -0.273. The molecule has 8 unspecified atom stereocenters. The standard InChI is InChI=1S/C26H33F5O5/c1-24-9-8-15(32)10-14(24)11-18(33)22-16-7-6-13(21(16)19(34)12-17(22)24)4-3-5-20(35)36-23(25(2,27)28)26(29,30)31/h13-14,16-17,21-23H,3-12H2,1-2H3. The predicted molar refractivity (Wildman–Crippen MR) is 117 cm³/mol. The van der Waals surface area contributed by atoms with Gasteiger partial charge in [-0.15, -0.1) is 0 Å². The Hall–Kier alpha value is -1.87. The van der Waals surface area contributed by atoms with Gasteiger partial charge in [-0.1, -0.05) is 6.92 Å². The van der Waals surface area contributed by atoms with Crippen LogP contribution in [0.15, 0.2) is 0 Å². The van der Waals surface area contributed by atoms with Gasteiger partial charge in [0.05, 0.1) is 0 Å². The lowest BCUT2D eigenvalue weighted by Crippen LogP contribution is -2.57. The van der Waals surface area contributed by atoms with Crippen molar-refractivity contribution in [2.24, 2.45) is 40.9 Å². The van der Waals surface area contributed by atoms with Gasteiger partial charge in [-0.05, 0) is 61.2 Å². The van der Waals surface area contributed by atoms with Crippen molar-refractivity contribution in [3.05, 3.63) is 0 Å². The van der Waals surface area contributed by atoms with Crippen molar-refractivity contribution >= 4 is 23.3 Å². The van der Waals surface area contributed by atoms with E-state index in [1.807, 2.05) is 0 Å². The molecule has 0 heterocycles.